The van der Waals surface area contributed by atoms with Crippen LogP contribution in [-0.2, 0) is 14.3 Å². The highest BCUT2D eigenvalue weighted by Crippen LogP contribution is 2.26. The van der Waals surface area contributed by atoms with Crippen LogP contribution in [0.1, 0.15) is 22.2 Å². The Morgan fingerprint density at radius 2 is 1.74 bits per heavy atom. The van der Waals surface area contributed by atoms with Crippen molar-refractivity contribution in [2.75, 3.05) is 5.32 Å². The zero-order valence-corrected chi connectivity index (χ0v) is 16.6. The minimum Gasteiger partial charge on any atom is -0.449 e. The molecular formula is C21H19NO3S2. The predicted octanol–water partition coefficient (Wildman–Crippen LogP) is 5.23. The number of nitrogens with one attached hydrogen (secondary N) is 1. The Balaban J connectivity index is 1.71. The lowest BCUT2D eigenvalue weighted by molar-refractivity contribution is -0.147. The summed E-state index contributed by atoms with van der Waals surface area (Å²) in [7, 11) is 0. The molecule has 0 spiro atoms. The average molecular weight is 398 g/mol. The van der Waals surface area contributed by atoms with Crippen molar-refractivity contribution < 1.29 is 14.3 Å². The van der Waals surface area contributed by atoms with E-state index in [1.165, 1.54) is 22.7 Å². The Kier molecular flexibility index (Phi) is 6.21. The van der Waals surface area contributed by atoms with Crippen molar-refractivity contribution in [3.05, 3.63) is 74.6 Å². The third-order valence-corrected chi connectivity index (χ3v) is 5.53. The van der Waals surface area contributed by atoms with E-state index < -0.39 is 12.1 Å². The molecule has 0 aliphatic heterocycles. The highest BCUT2D eigenvalue weighted by molar-refractivity contribution is 7.12. The zero-order valence-electron chi connectivity index (χ0n) is 15.0. The minimum atomic E-state index is -0.912. The number of hydrogen-bond acceptors (Lipinski definition) is 5. The summed E-state index contributed by atoms with van der Waals surface area (Å²) < 4.78 is 5.43. The van der Waals surface area contributed by atoms with Crippen LogP contribution in [0.5, 0.6) is 0 Å². The van der Waals surface area contributed by atoms with Gasteiger partial charge in [-0.2, -0.15) is 0 Å². The molecule has 4 nitrogen and oxygen atoms in total. The van der Waals surface area contributed by atoms with E-state index in [9.17, 15) is 9.59 Å². The summed E-state index contributed by atoms with van der Waals surface area (Å²) in [4.78, 5) is 26.8. The molecule has 27 heavy (non-hydrogen) atoms. The summed E-state index contributed by atoms with van der Waals surface area (Å²) in [6.07, 6.45) is 0.883. The van der Waals surface area contributed by atoms with Gasteiger partial charge in [-0.25, -0.2) is 4.79 Å². The van der Waals surface area contributed by atoms with E-state index in [-0.39, 0.29) is 5.91 Å². The van der Waals surface area contributed by atoms with Crippen molar-refractivity contribution in [1.29, 1.82) is 0 Å². The fourth-order valence-electron chi connectivity index (χ4n) is 2.34. The summed E-state index contributed by atoms with van der Waals surface area (Å²) in [5.41, 5.74) is 2.22. The molecular weight excluding hydrogens is 378 g/mol. The number of hydrogen-bond donors (Lipinski definition) is 1. The van der Waals surface area contributed by atoms with Gasteiger partial charge in [-0.05, 0) is 54.9 Å². The van der Waals surface area contributed by atoms with Crippen LogP contribution < -0.4 is 5.32 Å². The van der Waals surface area contributed by atoms with Gasteiger partial charge in [0.25, 0.3) is 5.91 Å². The van der Waals surface area contributed by atoms with Crippen molar-refractivity contribution in [1.82, 2.24) is 0 Å². The number of thiophene rings is 2. The van der Waals surface area contributed by atoms with E-state index in [4.69, 9.17) is 4.74 Å². The molecule has 1 aromatic carbocycles. The summed E-state index contributed by atoms with van der Waals surface area (Å²) in [5.74, 6) is -0.883. The van der Waals surface area contributed by atoms with Gasteiger partial charge < -0.3 is 10.1 Å². The average Bonchev–Trinajstić information content (AvgIpc) is 3.35. The van der Waals surface area contributed by atoms with E-state index >= 15 is 0 Å². The van der Waals surface area contributed by atoms with Crippen LogP contribution in [0.25, 0.3) is 11.6 Å². The van der Waals surface area contributed by atoms with Crippen LogP contribution in [0.3, 0.4) is 0 Å². The zero-order chi connectivity index (χ0) is 19.2. The van der Waals surface area contributed by atoms with Crippen LogP contribution in [0.15, 0.2) is 59.3 Å². The van der Waals surface area contributed by atoms with Gasteiger partial charge in [0.15, 0.2) is 6.10 Å². The van der Waals surface area contributed by atoms with Gasteiger partial charge in [-0.3, -0.25) is 4.79 Å². The van der Waals surface area contributed by atoms with Gasteiger partial charge in [0.05, 0.1) is 5.57 Å². The molecule has 0 aliphatic carbocycles. The van der Waals surface area contributed by atoms with Gasteiger partial charge in [-0.15, -0.1) is 22.7 Å². The van der Waals surface area contributed by atoms with E-state index in [0.29, 0.717) is 11.3 Å². The maximum atomic E-state index is 12.7. The highest BCUT2D eigenvalue weighted by Gasteiger charge is 2.22. The lowest BCUT2D eigenvalue weighted by atomic mass is 10.2. The molecule has 0 saturated carbocycles. The highest BCUT2D eigenvalue weighted by atomic mass is 32.1. The molecule has 0 aliphatic rings. The normalized spacial score (nSPS) is 12.4. The standard InChI is InChI=1S/C21H19NO3S2/c1-14-7-9-16(10-8-14)22-20(23)15(2)25-21(24)18(19-6-4-12-27-19)13-17-5-3-11-26-17/h3-13,15H,1-2H3,(H,22,23)/b18-13+/t15-/m0/s1. The van der Waals surface area contributed by atoms with Gasteiger partial charge in [0.1, 0.15) is 0 Å². The molecule has 1 atom stereocenters. The Bertz CT molecular complexity index is 926. The molecule has 2 aromatic heterocycles. The predicted molar refractivity (Wildman–Crippen MR) is 112 cm³/mol. The van der Waals surface area contributed by atoms with Crippen molar-refractivity contribution in [2.24, 2.45) is 0 Å². The van der Waals surface area contributed by atoms with Crippen molar-refractivity contribution in [2.45, 2.75) is 20.0 Å². The van der Waals surface area contributed by atoms with E-state index in [0.717, 1.165) is 15.3 Å². The molecule has 0 bridgehead atoms. The number of carbonyl (C=O) groups excluding carboxylic acids is 2. The quantitative estimate of drug-likeness (QED) is 0.458. The molecule has 0 unspecified atom stereocenters. The molecule has 1 amide bonds. The van der Waals surface area contributed by atoms with Gasteiger partial charge >= 0.3 is 5.97 Å². The Morgan fingerprint density at radius 1 is 1.04 bits per heavy atom. The largest absolute Gasteiger partial charge is 0.449 e. The van der Waals surface area contributed by atoms with Gasteiger partial charge in [0.2, 0.25) is 0 Å². The number of benzene rings is 1. The first-order valence-corrected chi connectivity index (χ1v) is 10.2. The number of rotatable bonds is 6. The second-order valence-corrected chi connectivity index (χ2v) is 7.88. The maximum absolute atomic E-state index is 12.7. The maximum Gasteiger partial charge on any atom is 0.340 e. The first kappa shape index (κ1) is 19.1. The Labute approximate surface area is 166 Å². The van der Waals surface area contributed by atoms with Crippen molar-refractivity contribution >= 4 is 51.9 Å². The smallest absolute Gasteiger partial charge is 0.340 e. The second kappa shape index (κ2) is 8.79. The molecule has 3 rings (SSSR count). The third-order valence-electron chi connectivity index (χ3n) is 3.81. The monoisotopic (exact) mass is 397 g/mol. The van der Waals surface area contributed by atoms with E-state index in [1.54, 1.807) is 13.0 Å². The fraction of sp³-hybridized carbons (Fsp3) is 0.143. The van der Waals surface area contributed by atoms with Crippen LogP contribution >= 0.6 is 22.7 Å². The lowest BCUT2D eigenvalue weighted by Crippen LogP contribution is -2.30. The molecule has 0 radical (unpaired) electrons. The molecule has 1 N–H and O–H groups in total. The van der Waals surface area contributed by atoms with Crippen LogP contribution in [0, 0.1) is 6.92 Å². The van der Waals surface area contributed by atoms with Crippen molar-refractivity contribution in [3.63, 3.8) is 0 Å². The molecule has 6 heteroatoms. The fourth-order valence-corrected chi connectivity index (χ4v) is 3.72. The summed E-state index contributed by atoms with van der Waals surface area (Å²) in [5, 5.41) is 6.61. The Morgan fingerprint density at radius 3 is 2.37 bits per heavy atom. The van der Waals surface area contributed by atoms with Crippen molar-refractivity contribution in [3.8, 4) is 0 Å². The summed E-state index contributed by atoms with van der Waals surface area (Å²) >= 11 is 2.99. The van der Waals surface area contributed by atoms with E-state index in [2.05, 4.69) is 5.32 Å². The van der Waals surface area contributed by atoms with Crippen LogP contribution in [0.2, 0.25) is 0 Å². The van der Waals surface area contributed by atoms with E-state index in [1.807, 2.05) is 66.2 Å². The number of anilines is 1. The number of aryl methyl sites for hydroxylation is 1. The number of carbonyl (C=O) groups is 2. The van der Waals surface area contributed by atoms with Crippen LogP contribution in [-0.4, -0.2) is 18.0 Å². The third kappa shape index (κ3) is 5.15. The summed E-state index contributed by atoms with van der Waals surface area (Å²) in [6, 6.07) is 15.0. The molecule has 0 fully saturated rings. The molecule has 2 heterocycles. The Hall–Kier alpha value is -2.70. The lowest BCUT2D eigenvalue weighted by Gasteiger charge is -2.14. The SMILES string of the molecule is Cc1ccc(NC(=O)[C@H](C)OC(=O)/C(=C/c2cccs2)c2cccs2)cc1. The molecule has 138 valence electrons. The van der Waals surface area contributed by atoms with Crippen LogP contribution in [0.4, 0.5) is 5.69 Å². The minimum absolute atomic E-state index is 0.367. The van der Waals surface area contributed by atoms with Gasteiger partial charge in [-0.1, -0.05) is 29.8 Å². The molecule has 0 saturated heterocycles. The topological polar surface area (TPSA) is 55.4 Å². The first-order chi connectivity index (χ1) is 13.0. The first-order valence-electron chi connectivity index (χ1n) is 8.40. The molecule has 3 aromatic rings. The number of amides is 1. The second-order valence-electron chi connectivity index (χ2n) is 5.95. The number of ether oxygens (including phenoxy) is 1. The summed E-state index contributed by atoms with van der Waals surface area (Å²) in [6.45, 7) is 3.54. The van der Waals surface area contributed by atoms with Gasteiger partial charge in [0, 0.05) is 15.4 Å². The number of esters is 1.